The Kier molecular flexibility index (Phi) is 3.32. The summed E-state index contributed by atoms with van der Waals surface area (Å²) in [6, 6.07) is 5.97. The maximum absolute atomic E-state index is 8.59. The standard InChI is InChI=1S/C10H10BrNO/c1-7-8(3-4-12)5-9(11)6-10(7)13-2/h5-6H,3H2,1-2H3. The Bertz CT molecular complexity index is 355. The van der Waals surface area contributed by atoms with E-state index in [0.717, 1.165) is 21.3 Å². The minimum Gasteiger partial charge on any atom is -0.496 e. The number of hydrogen-bond donors (Lipinski definition) is 0. The smallest absolute Gasteiger partial charge is 0.123 e. The minimum absolute atomic E-state index is 0.418. The van der Waals surface area contributed by atoms with Crippen molar-refractivity contribution < 1.29 is 4.74 Å². The Labute approximate surface area is 86.3 Å². The van der Waals surface area contributed by atoms with Gasteiger partial charge in [0.15, 0.2) is 0 Å². The molecule has 0 aromatic heterocycles. The normalized spacial score (nSPS) is 9.38. The number of benzene rings is 1. The van der Waals surface area contributed by atoms with Gasteiger partial charge in [-0.2, -0.15) is 5.26 Å². The molecule has 0 bridgehead atoms. The summed E-state index contributed by atoms with van der Waals surface area (Å²) in [5.41, 5.74) is 2.04. The first-order chi connectivity index (χ1) is 6.19. The van der Waals surface area contributed by atoms with Gasteiger partial charge in [-0.3, -0.25) is 0 Å². The molecule has 3 heteroatoms. The first-order valence-corrected chi connectivity index (χ1v) is 4.68. The molecule has 0 saturated carbocycles. The van der Waals surface area contributed by atoms with Crippen molar-refractivity contribution in [2.24, 2.45) is 0 Å². The van der Waals surface area contributed by atoms with Crippen molar-refractivity contribution in [2.75, 3.05) is 7.11 Å². The lowest BCUT2D eigenvalue weighted by Crippen LogP contribution is -1.93. The van der Waals surface area contributed by atoms with Crippen LogP contribution in [0.3, 0.4) is 0 Å². The van der Waals surface area contributed by atoms with Crippen LogP contribution in [0, 0.1) is 18.3 Å². The molecule has 1 aromatic carbocycles. The predicted molar refractivity (Wildman–Crippen MR) is 54.7 cm³/mol. The van der Waals surface area contributed by atoms with Crippen LogP contribution in [0.1, 0.15) is 11.1 Å². The van der Waals surface area contributed by atoms with Crippen molar-refractivity contribution >= 4 is 15.9 Å². The molecule has 0 aliphatic heterocycles. The molecule has 0 N–H and O–H groups in total. The molecule has 68 valence electrons. The highest BCUT2D eigenvalue weighted by molar-refractivity contribution is 9.10. The van der Waals surface area contributed by atoms with E-state index in [1.54, 1.807) is 7.11 Å². The van der Waals surface area contributed by atoms with Crippen LogP contribution in [-0.4, -0.2) is 7.11 Å². The molecule has 0 aliphatic carbocycles. The van der Waals surface area contributed by atoms with E-state index in [4.69, 9.17) is 10.00 Å². The van der Waals surface area contributed by atoms with Crippen molar-refractivity contribution in [1.82, 2.24) is 0 Å². The fourth-order valence-electron chi connectivity index (χ4n) is 1.19. The van der Waals surface area contributed by atoms with Gasteiger partial charge in [-0.15, -0.1) is 0 Å². The third-order valence-corrected chi connectivity index (χ3v) is 2.38. The summed E-state index contributed by atoms with van der Waals surface area (Å²) >= 11 is 3.37. The molecule has 0 unspecified atom stereocenters. The molecular formula is C10H10BrNO. The molecule has 0 aliphatic rings. The number of halogens is 1. The van der Waals surface area contributed by atoms with Crippen LogP contribution in [0.15, 0.2) is 16.6 Å². The van der Waals surface area contributed by atoms with Gasteiger partial charge in [0.05, 0.1) is 19.6 Å². The van der Waals surface area contributed by atoms with Crippen molar-refractivity contribution in [3.63, 3.8) is 0 Å². The van der Waals surface area contributed by atoms with E-state index in [1.165, 1.54) is 0 Å². The van der Waals surface area contributed by atoms with Crippen molar-refractivity contribution in [3.8, 4) is 11.8 Å². The minimum atomic E-state index is 0.418. The van der Waals surface area contributed by atoms with Gasteiger partial charge in [0.1, 0.15) is 5.75 Å². The van der Waals surface area contributed by atoms with Gasteiger partial charge in [-0.05, 0) is 30.2 Å². The molecule has 0 atom stereocenters. The maximum atomic E-state index is 8.59. The number of methoxy groups -OCH3 is 1. The largest absolute Gasteiger partial charge is 0.496 e. The van der Waals surface area contributed by atoms with Crippen molar-refractivity contribution in [1.29, 1.82) is 5.26 Å². The first-order valence-electron chi connectivity index (χ1n) is 3.89. The Morgan fingerprint density at radius 1 is 1.54 bits per heavy atom. The summed E-state index contributed by atoms with van der Waals surface area (Å²) in [7, 11) is 1.63. The van der Waals surface area contributed by atoms with E-state index in [0.29, 0.717) is 6.42 Å². The zero-order valence-electron chi connectivity index (χ0n) is 7.60. The number of hydrogen-bond acceptors (Lipinski definition) is 2. The Balaban J connectivity index is 3.20. The number of nitriles is 1. The average molecular weight is 240 g/mol. The van der Waals surface area contributed by atoms with Crippen LogP contribution in [0.5, 0.6) is 5.75 Å². The second-order valence-electron chi connectivity index (χ2n) is 2.73. The van der Waals surface area contributed by atoms with Gasteiger partial charge in [0, 0.05) is 4.47 Å². The van der Waals surface area contributed by atoms with Crippen LogP contribution in [0.25, 0.3) is 0 Å². The third-order valence-electron chi connectivity index (χ3n) is 1.92. The average Bonchev–Trinajstić information content (AvgIpc) is 2.11. The summed E-state index contributed by atoms with van der Waals surface area (Å²) in [4.78, 5) is 0. The molecule has 0 fully saturated rings. The molecule has 0 heterocycles. The number of nitrogens with zero attached hydrogens (tertiary/aromatic N) is 1. The van der Waals surface area contributed by atoms with Crippen molar-refractivity contribution in [2.45, 2.75) is 13.3 Å². The van der Waals surface area contributed by atoms with Crippen LogP contribution >= 0.6 is 15.9 Å². The number of ether oxygens (including phenoxy) is 1. The summed E-state index contributed by atoms with van der Waals surface area (Å²) in [6.45, 7) is 1.96. The van der Waals surface area contributed by atoms with Crippen LogP contribution in [-0.2, 0) is 6.42 Å². The van der Waals surface area contributed by atoms with E-state index < -0.39 is 0 Å². The van der Waals surface area contributed by atoms with E-state index in [1.807, 2.05) is 19.1 Å². The predicted octanol–water partition coefficient (Wildman–Crippen LogP) is 2.83. The molecular weight excluding hydrogens is 230 g/mol. The summed E-state index contributed by atoms with van der Waals surface area (Å²) in [5.74, 6) is 0.819. The van der Waals surface area contributed by atoms with Crippen molar-refractivity contribution in [3.05, 3.63) is 27.7 Å². The Hall–Kier alpha value is -1.01. The van der Waals surface area contributed by atoms with Gasteiger partial charge in [-0.25, -0.2) is 0 Å². The van der Waals surface area contributed by atoms with Crippen LogP contribution in [0.2, 0.25) is 0 Å². The van der Waals surface area contributed by atoms with Gasteiger partial charge in [0.2, 0.25) is 0 Å². The molecule has 0 spiro atoms. The molecule has 13 heavy (non-hydrogen) atoms. The Morgan fingerprint density at radius 3 is 2.77 bits per heavy atom. The van der Waals surface area contributed by atoms with Gasteiger partial charge < -0.3 is 4.74 Å². The highest BCUT2D eigenvalue weighted by Crippen LogP contribution is 2.26. The highest BCUT2D eigenvalue weighted by atomic mass is 79.9. The molecule has 0 saturated heterocycles. The zero-order valence-corrected chi connectivity index (χ0v) is 9.18. The first kappa shape index (κ1) is 10.1. The van der Waals surface area contributed by atoms with E-state index in [2.05, 4.69) is 22.0 Å². The van der Waals surface area contributed by atoms with Crippen LogP contribution in [0.4, 0.5) is 0 Å². The zero-order chi connectivity index (χ0) is 9.84. The Morgan fingerprint density at radius 2 is 2.23 bits per heavy atom. The van der Waals surface area contributed by atoms with E-state index in [-0.39, 0.29) is 0 Å². The fraction of sp³-hybridized carbons (Fsp3) is 0.300. The highest BCUT2D eigenvalue weighted by Gasteiger charge is 2.05. The molecule has 1 rings (SSSR count). The lowest BCUT2D eigenvalue weighted by Gasteiger charge is -2.08. The SMILES string of the molecule is COc1cc(Br)cc(CC#N)c1C. The molecule has 0 amide bonds. The number of rotatable bonds is 2. The van der Waals surface area contributed by atoms with Gasteiger partial charge >= 0.3 is 0 Å². The second kappa shape index (κ2) is 4.29. The van der Waals surface area contributed by atoms with Gasteiger partial charge in [0.25, 0.3) is 0 Å². The van der Waals surface area contributed by atoms with E-state index >= 15 is 0 Å². The monoisotopic (exact) mass is 239 g/mol. The fourth-order valence-corrected chi connectivity index (χ4v) is 1.67. The lowest BCUT2D eigenvalue weighted by molar-refractivity contribution is 0.411. The van der Waals surface area contributed by atoms with E-state index in [9.17, 15) is 0 Å². The summed E-state index contributed by atoms with van der Waals surface area (Å²) < 4.78 is 6.12. The lowest BCUT2D eigenvalue weighted by atomic mass is 10.1. The maximum Gasteiger partial charge on any atom is 0.123 e. The van der Waals surface area contributed by atoms with Gasteiger partial charge in [-0.1, -0.05) is 15.9 Å². The molecule has 1 aromatic rings. The van der Waals surface area contributed by atoms with Crippen LogP contribution < -0.4 is 4.74 Å². The molecule has 0 radical (unpaired) electrons. The summed E-state index contributed by atoms with van der Waals surface area (Å²) in [6.07, 6.45) is 0.418. The second-order valence-corrected chi connectivity index (χ2v) is 3.64. The third kappa shape index (κ3) is 2.22. The topological polar surface area (TPSA) is 33.0 Å². The quantitative estimate of drug-likeness (QED) is 0.796. The summed E-state index contributed by atoms with van der Waals surface area (Å²) in [5, 5.41) is 8.59. The molecule has 2 nitrogen and oxygen atoms in total.